The highest BCUT2D eigenvalue weighted by atomic mass is 16.5. The lowest BCUT2D eigenvalue weighted by Crippen LogP contribution is -2.02. The fourth-order valence-electron chi connectivity index (χ4n) is 2.86. The summed E-state index contributed by atoms with van der Waals surface area (Å²) in [5.74, 6) is 2.81. The number of rotatable bonds is 4. The summed E-state index contributed by atoms with van der Waals surface area (Å²) in [6.45, 7) is 3.99. The van der Waals surface area contributed by atoms with Crippen LogP contribution in [-0.2, 0) is 0 Å². The number of hydrogen-bond donors (Lipinski definition) is 1. The average Bonchev–Trinajstić information content (AvgIpc) is 3.06. The molecule has 6 nitrogen and oxygen atoms in total. The summed E-state index contributed by atoms with van der Waals surface area (Å²) >= 11 is 0. The van der Waals surface area contributed by atoms with Crippen LogP contribution in [0.4, 0.5) is 11.5 Å². The lowest BCUT2D eigenvalue weighted by Gasteiger charge is -2.09. The van der Waals surface area contributed by atoms with Gasteiger partial charge in [-0.3, -0.25) is 0 Å². The van der Waals surface area contributed by atoms with Gasteiger partial charge in [0, 0.05) is 29.1 Å². The Morgan fingerprint density at radius 1 is 0.962 bits per heavy atom. The van der Waals surface area contributed by atoms with Crippen LogP contribution in [0.15, 0.2) is 54.6 Å². The maximum absolute atomic E-state index is 5.29. The van der Waals surface area contributed by atoms with E-state index < -0.39 is 0 Å². The smallest absolute Gasteiger partial charge is 0.254 e. The summed E-state index contributed by atoms with van der Waals surface area (Å²) in [5, 5.41) is 8.06. The first-order valence-electron chi connectivity index (χ1n) is 8.35. The number of nitrogens with zero attached hydrogens (tertiary/aromatic N) is 4. The van der Waals surface area contributed by atoms with Crippen molar-refractivity contribution in [2.24, 2.45) is 0 Å². The van der Waals surface area contributed by atoms with Crippen molar-refractivity contribution in [1.82, 2.24) is 19.6 Å². The summed E-state index contributed by atoms with van der Waals surface area (Å²) in [4.78, 5) is 9.13. The molecule has 0 unspecified atom stereocenters. The lowest BCUT2D eigenvalue weighted by atomic mass is 10.1. The van der Waals surface area contributed by atoms with Crippen LogP contribution in [0.5, 0.6) is 5.75 Å². The van der Waals surface area contributed by atoms with Gasteiger partial charge in [-0.05, 0) is 31.5 Å². The SMILES string of the molecule is COc1cccc(Nc2cc(C)nc3nc(-c4ccccc4C)nn23)c1. The van der Waals surface area contributed by atoms with E-state index in [1.165, 1.54) is 0 Å². The maximum atomic E-state index is 5.29. The lowest BCUT2D eigenvalue weighted by molar-refractivity contribution is 0.415. The zero-order valence-electron chi connectivity index (χ0n) is 14.9. The Morgan fingerprint density at radius 2 is 1.81 bits per heavy atom. The topological polar surface area (TPSA) is 64.3 Å². The first kappa shape index (κ1) is 16.1. The van der Waals surface area contributed by atoms with Crippen molar-refractivity contribution >= 4 is 17.3 Å². The molecule has 1 N–H and O–H groups in total. The van der Waals surface area contributed by atoms with E-state index in [0.717, 1.165) is 34.1 Å². The summed E-state index contributed by atoms with van der Waals surface area (Å²) in [6.07, 6.45) is 0. The molecule has 2 heterocycles. The second-order valence-electron chi connectivity index (χ2n) is 6.10. The van der Waals surface area contributed by atoms with Gasteiger partial charge >= 0.3 is 0 Å². The molecule has 0 aliphatic rings. The number of benzene rings is 2. The number of aromatic nitrogens is 4. The van der Waals surface area contributed by atoms with Crippen LogP contribution in [0.25, 0.3) is 17.2 Å². The number of ether oxygens (including phenoxy) is 1. The summed E-state index contributed by atoms with van der Waals surface area (Å²) in [6, 6.07) is 17.8. The number of methoxy groups -OCH3 is 1. The highest BCUT2D eigenvalue weighted by Gasteiger charge is 2.13. The second-order valence-corrected chi connectivity index (χ2v) is 6.10. The number of nitrogens with one attached hydrogen (secondary N) is 1. The molecular weight excluding hydrogens is 326 g/mol. The third kappa shape index (κ3) is 2.97. The quantitative estimate of drug-likeness (QED) is 0.602. The van der Waals surface area contributed by atoms with Crippen LogP contribution in [0, 0.1) is 13.8 Å². The molecule has 0 spiro atoms. The molecule has 130 valence electrons. The van der Waals surface area contributed by atoms with Crippen molar-refractivity contribution in [1.29, 1.82) is 0 Å². The van der Waals surface area contributed by atoms with Crippen molar-refractivity contribution in [3.05, 3.63) is 65.9 Å². The van der Waals surface area contributed by atoms with Crippen LogP contribution in [-0.4, -0.2) is 26.7 Å². The molecule has 26 heavy (non-hydrogen) atoms. The average molecular weight is 345 g/mol. The monoisotopic (exact) mass is 345 g/mol. The normalized spacial score (nSPS) is 10.9. The molecule has 0 fully saturated rings. The standard InChI is InChI=1S/C20H19N5O/c1-13-7-4-5-10-17(13)19-23-20-21-14(2)11-18(25(20)24-19)22-15-8-6-9-16(12-15)26-3/h4-12,22H,1-3H3. The Labute approximate surface area is 151 Å². The van der Waals surface area contributed by atoms with E-state index in [1.807, 2.05) is 55.5 Å². The molecule has 0 bridgehead atoms. The van der Waals surface area contributed by atoms with Gasteiger partial charge in [0.05, 0.1) is 7.11 Å². The van der Waals surface area contributed by atoms with Crippen LogP contribution in [0.3, 0.4) is 0 Å². The maximum Gasteiger partial charge on any atom is 0.254 e. The molecule has 2 aromatic heterocycles. The minimum atomic E-state index is 0.564. The van der Waals surface area contributed by atoms with E-state index in [-0.39, 0.29) is 0 Å². The molecule has 0 saturated carbocycles. The van der Waals surface area contributed by atoms with Gasteiger partial charge in [0.2, 0.25) is 0 Å². The van der Waals surface area contributed by atoms with Gasteiger partial charge in [0.15, 0.2) is 5.82 Å². The van der Waals surface area contributed by atoms with E-state index in [9.17, 15) is 0 Å². The molecular formula is C20H19N5O. The minimum absolute atomic E-state index is 0.564. The fraction of sp³-hybridized carbons (Fsp3) is 0.150. The van der Waals surface area contributed by atoms with Crippen LogP contribution in [0.1, 0.15) is 11.3 Å². The Bertz CT molecular complexity index is 1090. The summed E-state index contributed by atoms with van der Waals surface area (Å²) in [5.41, 5.74) is 3.90. The van der Waals surface area contributed by atoms with Gasteiger partial charge in [-0.1, -0.05) is 30.3 Å². The zero-order valence-corrected chi connectivity index (χ0v) is 14.9. The van der Waals surface area contributed by atoms with E-state index in [4.69, 9.17) is 4.74 Å². The zero-order chi connectivity index (χ0) is 18.1. The third-order valence-electron chi connectivity index (χ3n) is 4.17. The second kappa shape index (κ2) is 6.48. The highest BCUT2D eigenvalue weighted by Crippen LogP contribution is 2.24. The van der Waals surface area contributed by atoms with Crippen LogP contribution < -0.4 is 10.1 Å². The van der Waals surface area contributed by atoms with E-state index in [0.29, 0.717) is 11.6 Å². The number of hydrogen-bond acceptors (Lipinski definition) is 5. The molecule has 6 heteroatoms. The van der Waals surface area contributed by atoms with Crippen molar-refractivity contribution in [3.8, 4) is 17.1 Å². The molecule has 0 amide bonds. The van der Waals surface area contributed by atoms with Crippen molar-refractivity contribution in [2.75, 3.05) is 12.4 Å². The molecule has 0 aliphatic carbocycles. The van der Waals surface area contributed by atoms with E-state index in [2.05, 4.69) is 33.4 Å². The molecule has 2 aromatic carbocycles. The van der Waals surface area contributed by atoms with E-state index >= 15 is 0 Å². The van der Waals surface area contributed by atoms with Gasteiger partial charge in [-0.15, -0.1) is 5.10 Å². The Hall–Kier alpha value is -3.41. The van der Waals surface area contributed by atoms with E-state index in [1.54, 1.807) is 11.6 Å². The van der Waals surface area contributed by atoms with Gasteiger partial charge in [-0.25, -0.2) is 4.98 Å². The molecule has 0 radical (unpaired) electrons. The predicted molar refractivity (Wildman–Crippen MR) is 102 cm³/mol. The number of fused-ring (bicyclic) bond motifs is 1. The number of anilines is 2. The van der Waals surface area contributed by atoms with Gasteiger partial charge in [0.1, 0.15) is 11.6 Å². The first-order chi connectivity index (χ1) is 12.6. The Balaban J connectivity index is 1.81. The predicted octanol–water partition coefficient (Wildman–Crippen LogP) is 4.16. The largest absolute Gasteiger partial charge is 0.497 e. The van der Waals surface area contributed by atoms with Crippen molar-refractivity contribution < 1.29 is 4.74 Å². The minimum Gasteiger partial charge on any atom is -0.497 e. The van der Waals surface area contributed by atoms with Gasteiger partial charge in [-0.2, -0.15) is 9.50 Å². The molecule has 4 aromatic rings. The van der Waals surface area contributed by atoms with Gasteiger partial charge < -0.3 is 10.1 Å². The first-order valence-corrected chi connectivity index (χ1v) is 8.35. The summed E-state index contributed by atoms with van der Waals surface area (Å²) in [7, 11) is 1.65. The van der Waals surface area contributed by atoms with Crippen molar-refractivity contribution in [3.63, 3.8) is 0 Å². The molecule has 0 saturated heterocycles. The van der Waals surface area contributed by atoms with Crippen LogP contribution >= 0.6 is 0 Å². The Kier molecular flexibility index (Phi) is 4.01. The molecule has 4 rings (SSSR count). The van der Waals surface area contributed by atoms with Crippen LogP contribution in [0.2, 0.25) is 0 Å². The molecule has 0 atom stereocenters. The molecule has 0 aliphatic heterocycles. The Morgan fingerprint density at radius 3 is 2.62 bits per heavy atom. The number of aryl methyl sites for hydroxylation is 2. The van der Waals surface area contributed by atoms with Gasteiger partial charge in [0.25, 0.3) is 5.78 Å². The fourth-order valence-corrected chi connectivity index (χ4v) is 2.86. The summed E-state index contributed by atoms with van der Waals surface area (Å²) < 4.78 is 7.02. The third-order valence-corrected chi connectivity index (χ3v) is 4.17. The highest BCUT2D eigenvalue weighted by molar-refractivity contribution is 5.64. The van der Waals surface area contributed by atoms with Crippen molar-refractivity contribution in [2.45, 2.75) is 13.8 Å².